The van der Waals surface area contributed by atoms with Crippen molar-refractivity contribution in [2.24, 2.45) is 5.92 Å². The van der Waals surface area contributed by atoms with Gasteiger partial charge in [0.2, 0.25) is 5.91 Å². The first kappa shape index (κ1) is 17.9. The zero-order valence-corrected chi connectivity index (χ0v) is 14.7. The lowest BCUT2D eigenvalue weighted by Gasteiger charge is -2.23. The fourth-order valence-corrected chi connectivity index (χ4v) is 2.76. The second-order valence-electron chi connectivity index (χ2n) is 5.83. The molecule has 0 aliphatic rings. The third-order valence-electron chi connectivity index (χ3n) is 4.32. The number of hydrogen-bond donors (Lipinski definition) is 1. The van der Waals surface area contributed by atoms with Crippen molar-refractivity contribution in [2.75, 3.05) is 19.5 Å². The molecule has 128 valence electrons. The van der Waals surface area contributed by atoms with Gasteiger partial charge in [0, 0.05) is 6.07 Å². The number of methoxy groups -OCH3 is 2. The summed E-state index contributed by atoms with van der Waals surface area (Å²) in [7, 11) is 3.18. The Bertz CT molecular complexity index is 670. The number of nitrogens with one attached hydrogen (secondary N) is 1. The van der Waals surface area contributed by atoms with Gasteiger partial charge in [0.15, 0.2) is 0 Å². The Morgan fingerprint density at radius 3 is 2.38 bits per heavy atom. The molecule has 0 radical (unpaired) electrons. The van der Waals surface area contributed by atoms with Crippen LogP contribution in [0.3, 0.4) is 0 Å². The second-order valence-corrected chi connectivity index (χ2v) is 5.83. The molecule has 0 spiro atoms. The third-order valence-corrected chi connectivity index (χ3v) is 4.32. The topological polar surface area (TPSA) is 47.6 Å². The molecule has 2 atom stereocenters. The van der Waals surface area contributed by atoms with Gasteiger partial charge >= 0.3 is 0 Å². The first-order valence-corrected chi connectivity index (χ1v) is 8.18. The largest absolute Gasteiger partial charge is 0.497 e. The highest BCUT2D eigenvalue weighted by Gasteiger charge is 2.26. The van der Waals surface area contributed by atoms with E-state index in [1.54, 1.807) is 32.4 Å². The Hall–Kier alpha value is -2.49. The maximum absolute atomic E-state index is 13.0. The van der Waals surface area contributed by atoms with Crippen LogP contribution < -0.4 is 14.8 Å². The van der Waals surface area contributed by atoms with E-state index in [0.717, 1.165) is 12.0 Å². The monoisotopic (exact) mass is 327 g/mol. The van der Waals surface area contributed by atoms with Crippen molar-refractivity contribution in [2.45, 2.75) is 26.2 Å². The van der Waals surface area contributed by atoms with Crippen molar-refractivity contribution >= 4 is 11.6 Å². The number of hydrogen-bond acceptors (Lipinski definition) is 3. The normalized spacial score (nSPS) is 13.0. The summed E-state index contributed by atoms with van der Waals surface area (Å²) in [5.41, 5.74) is 1.64. The Morgan fingerprint density at radius 1 is 1.08 bits per heavy atom. The molecule has 1 N–H and O–H groups in total. The summed E-state index contributed by atoms with van der Waals surface area (Å²) in [4.78, 5) is 13.0. The molecule has 0 heterocycles. The fraction of sp³-hybridized carbons (Fsp3) is 0.350. The Kier molecular flexibility index (Phi) is 6.24. The molecular weight excluding hydrogens is 302 g/mol. The minimum atomic E-state index is -0.216. The van der Waals surface area contributed by atoms with E-state index in [1.165, 1.54) is 0 Å². The molecule has 0 fully saturated rings. The second kappa shape index (κ2) is 8.39. The predicted octanol–water partition coefficient (Wildman–Crippen LogP) is 4.47. The number of rotatable bonds is 7. The van der Waals surface area contributed by atoms with E-state index in [-0.39, 0.29) is 17.7 Å². The molecule has 0 saturated heterocycles. The van der Waals surface area contributed by atoms with E-state index in [9.17, 15) is 4.79 Å². The van der Waals surface area contributed by atoms with Crippen LogP contribution >= 0.6 is 0 Å². The van der Waals surface area contributed by atoms with Gasteiger partial charge in [-0.05, 0) is 23.6 Å². The Balaban J connectivity index is 2.31. The van der Waals surface area contributed by atoms with E-state index >= 15 is 0 Å². The van der Waals surface area contributed by atoms with Crippen molar-refractivity contribution in [1.82, 2.24) is 0 Å². The fourth-order valence-electron chi connectivity index (χ4n) is 2.76. The summed E-state index contributed by atoms with van der Waals surface area (Å²) in [5.74, 6) is 1.25. The average Bonchev–Trinajstić information content (AvgIpc) is 2.62. The van der Waals surface area contributed by atoms with Crippen LogP contribution in [0.2, 0.25) is 0 Å². The number of ether oxygens (including phenoxy) is 2. The smallest absolute Gasteiger partial charge is 0.232 e. The molecular formula is C20H25NO3. The molecule has 2 rings (SSSR count). The summed E-state index contributed by atoms with van der Waals surface area (Å²) in [6.07, 6.45) is 0.919. The highest BCUT2D eigenvalue weighted by molar-refractivity contribution is 5.97. The van der Waals surface area contributed by atoms with E-state index < -0.39 is 0 Å². The summed E-state index contributed by atoms with van der Waals surface area (Å²) >= 11 is 0. The van der Waals surface area contributed by atoms with Crippen LogP contribution in [0.25, 0.3) is 0 Å². The van der Waals surface area contributed by atoms with Crippen LogP contribution in [-0.2, 0) is 4.79 Å². The zero-order chi connectivity index (χ0) is 17.5. The van der Waals surface area contributed by atoms with Gasteiger partial charge in [-0.25, -0.2) is 0 Å². The maximum atomic E-state index is 13.0. The van der Waals surface area contributed by atoms with Crippen LogP contribution in [0.5, 0.6) is 11.5 Å². The maximum Gasteiger partial charge on any atom is 0.232 e. The van der Waals surface area contributed by atoms with Crippen molar-refractivity contribution in [3.63, 3.8) is 0 Å². The lowest BCUT2D eigenvalue weighted by atomic mass is 9.85. The number of carbonyl (C=O) groups is 1. The predicted molar refractivity (Wildman–Crippen MR) is 96.8 cm³/mol. The highest BCUT2D eigenvalue weighted by atomic mass is 16.5. The highest BCUT2D eigenvalue weighted by Crippen LogP contribution is 2.32. The van der Waals surface area contributed by atoms with Gasteiger partial charge in [0.1, 0.15) is 11.5 Å². The van der Waals surface area contributed by atoms with E-state index in [2.05, 4.69) is 19.2 Å². The first-order chi connectivity index (χ1) is 11.6. The van der Waals surface area contributed by atoms with Crippen molar-refractivity contribution in [3.05, 3.63) is 54.1 Å². The van der Waals surface area contributed by atoms with Gasteiger partial charge in [0.25, 0.3) is 0 Å². The zero-order valence-electron chi connectivity index (χ0n) is 14.7. The molecule has 0 aromatic heterocycles. The van der Waals surface area contributed by atoms with Gasteiger partial charge in [-0.3, -0.25) is 4.79 Å². The third kappa shape index (κ3) is 4.07. The number of amides is 1. The average molecular weight is 327 g/mol. The molecule has 4 nitrogen and oxygen atoms in total. The number of carbonyl (C=O) groups excluding carboxylic acids is 1. The van der Waals surface area contributed by atoms with Crippen LogP contribution in [-0.4, -0.2) is 20.1 Å². The minimum Gasteiger partial charge on any atom is -0.497 e. The van der Waals surface area contributed by atoms with E-state index in [4.69, 9.17) is 9.47 Å². The molecule has 0 aliphatic heterocycles. The van der Waals surface area contributed by atoms with Crippen molar-refractivity contribution < 1.29 is 14.3 Å². The SMILES string of the molecule is CC[C@H](C)[C@H](C(=O)Nc1cc(OC)ccc1OC)c1ccccc1. The van der Waals surface area contributed by atoms with E-state index in [0.29, 0.717) is 17.2 Å². The summed E-state index contributed by atoms with van der Waals surface area (Å²) < 4.78 is 10.6. The van der Waals surface area contributed by atoms with Gasteiger partial charge in [-0.2, -0.15) is 0 Å². The standard InChI is InChI=1S/C20H25NO3/c1-5-14(2)19(15-9-7-6-8-10-15)20(22)21-17-13-16(23-3)11-12-18(17)24-4/h6-14,19H,5H2,1-4H3,(H,21,22)/t14-,19-/m0/s1. The van der Waals surface area contributed by atoms with Gasteiger partial charge in [-0.15, -0.1) is 0 Å². The quantitative estimate of drug-likeness (QED) is 0.816. The molecule has 1 amide bonds. The molecule has 2 aromatic carbocycles. The summed E-state index contributed by atoms with van der Waals surface area (Å²) in [5, 5.41) is 3.01. The van der Waals surface area contributed by atoms with Crippen LogP contribution in [0.1, 0.15) is 31.7 Å². The van der Waals surface area contributed by atoms with Crippen LogP contribution in [0.4, 0.5) is 5.69 Å². The molecule has 0 aliphatic carbocycles. The van der Waals surface area contributed by atoms with Crippen molar-refractivity contribution in [1.29, 1.82) is 0 Å². The molecule has 0 saturated carbocycles. The lowest BCUT2D eigenvalue weighted by Crippen LogP contribution is -2.26. The van der Waals surface area contributed by atoms with Gasteiger partial charge in [-0.1, -0.05) is 50.6 Å². The molecule has 4 heteroatoms. The molecule has 2 aromatic rings. The first-order valence-electron chi connectivity index (χ1n) is 8.18. The summed E-state index contributed by atoms with van der Waals surface area (Å²) in [6.45, 7) is 4.19. The lowest BCUT2D eigenvalue weighted by molar-refractivity contribution is -0.118. The van der Waals surface area contributed by atoms with Gasteiger partial charge in [0.05, 0.1) is 25.8 Å². The molecule has 0 unspecified atom stereocenters. The minimum absolute atomic E-state index is 0.0397. The Labute approximate surface area is 143 Å². The Morgan fingerprint density at radius 2 is 1.79 bits per heavy atom. The number of anilines is 1. The van der Waals surface area contributed by atoms with Crippen LogP contribution in [0.15, 0.2) is 48.5 Å². The molecule has 24 heavy (non-hydrogen) atoms. The van der Waals surface area contributed by atoms with Gasteiger partial charge < -0.3 is 14.8 Å². The van der Waals surface area contributed by atoms with Crippen molar-refractivity contribution in [3.8, 4) is 11.5 Å². The summed E-state index contributed by atoms with van der Waals surface area (Å²) in [6, 6.07) is 15.2. The van der Waals surface area contributed by atoms with Crippen LogP contribution in [0, 0.1) is 5.92 Å². The number of benzene rings is 2. The molecule has 0 bridgehead atoms. The van der Waals surface area contributed by atoms with E-state index in [1.807, 2.05) is 30.3 Å².